The minimum Gasteiger partial charge on any atom is -0.397 e. The molecule has 4 heterocycles. The van der Waals surface area contributed by atoms with Crippen LogP contribution in [0.5, 0.6) is 0 Å². The number of anilines is 1. The van der Waals surface area contributed by atoms with Crippen molar-refractivity contribution in [3.8, 4) is 0 Å². The van der Waals surface area contributed by atoms with Crippen molar-refractivity contribution in [3.05, 3.63) is 24.0 Å². The molecule has 1 aromatic heterocycles. The molecule has 3 N–H and O–H groups in total. The number of carbonyl (C=O) groups excluding carboxylic acids is 1. The molecule has 3 fully saturated rings. The van der Waals surface area contributed by atoms with E-state index in [-0.39, 0.29) is 11.9 Å². The zero-order valence-corrected chi connectivity index (χ0v) is 10.3. The number of carbonyl (C=O) groups is 1. The van der Waals surface area contributed by atoms with E-state index in [1.807, 2.05) is 0 Å². The maximum absolute atomic E-state index is 12.1. The molecular weight excluding hydrogens is 228 g/mol. The number of hydrogen-bond acceptors (Lipinski definition) is 4. The van der Waals surface area contributed by atoms with Crippen LogP contribution in [0, 0.1) is 5.92 Å². The first-order valence-electron chi connectivity index (χ1n) is 6.48. The first kappa shape index (κ1) is 11.5. The molecule has 0 aromatic carbocycles. The molecule has 5 nitrogen and oxygen atoms in total. The number of nitrogen functional groups attached to an aromatic ring is 1. The van der Waals surface area contributed by atoms with Crippen molar-refractivity contribution in [2.75, 3.05) is 25.4 Å². The number of nitrogens with zero attached hydrogens (tertiary/aromatic N) is 2. The largest absolute Gasteiger partial charge is 0.397 e. The van der Waals surface area contributed by atoms with Crippen molar-refractivity contribution in [2.45, 2.75) is 18.9 Å². The number of fused-ring (bicyclic) bond motifs is 3. The van der Waals surface area contributed by atoms with Crippen LogP contribution < -0.4 is 11.1 Å². The van der Waals surface area contributed by atoms with Gasteiger partial charge in [-0.15, -0.1) is 0 Å². The Hall–Kier alpha value is -1.62. The van der Waals surface area contributed by atoms with E-state index >= 15 is 0 Å². The SMILES string of the molecule is Nc1cccnc1C(=O)NC1CN2CCC1CC2. The fourth-order valence-electron chi connectivity index (χ4n) is 2.97. The lowest BCUT2D eigenvalue weighted by molar-refractivity contribution is 0.0618. The summed E-state index contributed by atoms with van der Waals surface area (Å²) in [6.07, 6.45) is 3.97. The summed E-state index contributed by atoms with van der Waals surface area (Å²) in [4.78, 5) is 18.6. The number of hydrogen-bond donors (Lipinski definition) is 2. The van der Waals surface area contributed by atoms with Crippen LogP contribution in [0.15, 0.2) is 18.3 Å². The second kappa shape index (κ2) is 4.57. The Balaban J connectivity index is 1.70. The van der Waals surface area contributed by atoms with Gasteiger partial charge < -0.3 is 16.0 Å². The molecule has 0 spiro atoms. The molecule has 4 rings (SSSR count). The zero-order valence-electron chi connectivity index (χ0n) is 10.3. The standard InChI is InChI=1S/C13H18N4O/c14-10-2-1-5-15-12(10)13(18)16-11-8-17-6-3-9(11)4-7-17/h1-2,5,9,11H,3-4,6-8,14H2,(H,16,18). The topological polar surface area (TPSA) is 71.2 Å². The molecule has 1 unspecified atom stereocenters. The molecule has 0 saturated carbocycles. The van der Waals surface area contributed by atoms with Crippen molar-refractivity contribution >= 4 is 11.6 Å². The lowest BCUT2D eigenvalue weighted by Gasteiger charge is -2.44. The summed E-state index contributed by atoms with van der Waals surface area (Å²) in [7, 11) is 0. The summed E-state index contributed by atoms with van der Waals surface area (Å²) < 4.78 is 0. The minimum absolute atomic E-state index is 0.146. The highest BCUT2D eigenvalue weighted by molar-refractivity contribution is 5.97. The van der Waals surface area contributed by atoms with Gasteiger partial charge in [0.05, 0.1) is 5.69 Å². The third-order valence-electron chi connectivity index (χ3n) is 4.03. The average molecular weight is 246 g/mol. The van der Waals surface area contributed by atoms with Gasteiger partial charge in [0, 0.05) is 18.8 Å². The van der Waals surface area contributed by atoms with E-state index in [0.29, 0.717) is 17.3 Å². The van der Waals surface area contributed by atoms with Crippen molar-refractivity contribution in [2.24, 2.45) is 5.92 Å². The number of amides is 1. The van der Waals surface area contributed by atoms with Crippen LogP contribution >= 0.6 is 0 Å². The van der Waals surface area contributed by atoms with Gasteiger partial charge in [0.25, 0.3) is 5.91 Å². The number of nitrogens with one attached hydrogen (secondary N) is 1. The molecule has 1 amide bonds. The normalized spacial score (nSPS) is 30.1. The summed E-state index contributed by atoms with van der Waals surface area (Å²) in [6.45, 7) is 3.30. The number of aromatic nitrogens is 1. The van der Waals surface area contributed by atoms with Gasteiger partial charge in [-0.3, -0.25) is 4.79 Å². The van der Waals surface area contributed by atoms with Gasteiger partial charge in [0.15, 0.2) is 5.69 Å². The lowest BCUT2D eigenvalue weighted by Crippen LogP contribution is -2.57. The first-order valence-corrected chi connectivity index (χ1v) is 6.48. The van der Waals surface area contributed by atoms with Crippen LogP contribution in [0.4, 0.5) is 5.69 Å². The molecule has 1 aromatic rings. The van der Waals surface area contributed by atoms with Gasteiger partial charge in [-0.05, 0) is 44.0 Å². The number of pyridine rings is 1. The van der Waals surface area contributed by atoms with Crippen molar-refractivity contribution in [1.82, 2.24) is 15.2 Å². The summed E-state index contributed by atoms with van der Waals surface area (Å²) in [6, 6.07) is 3.69. The summed E-state index contributed by atoms with van der Waals surface area (Å²) in [5.41, 5.74) is 6.55. The van der Waals surface area contributed by atoms with Crippen LogP contribution in [-0.4, -0.2) is 41.5 Å². The summed E-state index contributed by atoms with van der Waals surface area (Å²) in [5.74, 6) is 0.468. The average Bonchev–Trinajstić information content (AvgIpc) is 2.40. The molecule has 18 heavy (non-hydrogen) atoms. The monoisotopic (exact) mass is 246 g/mol. The molecule has 3 aliphatic heterocycles. The first-order chi connectivity index (χ1) is 8.74. The number of piperidine rings is 3. The van der Waals surface area contributed by atoms with Crippen molar-refractivity contribution < 1.29 is 4.79 Å². The highest BCUT2D eigenvalue weighted by atomic mass is 16.2. The highest BCUT2D eigenvalue weighted by Crippen LogP contribution is 2.27. The second-order valence-corrected chi connectivity index (χ2v) is 5.16. The Morgan fingerprint density at radius 2 is 2.22 bits per heavy atom. The van der Waals surface area contributed by atoms with E-state index in [2.05, 4.69) is 15.2 Å². The molecule has 0 radical (unpaired) electrons. The third-order valence-corrected chi connectivity index (χ3v) is 4.03. The van der Waals surface area contributed by atoms with Gasteiger partial charge in [-0.2, -0.15) is 0 Å². The van der Waals surface area contributed by atoms with Crippen LogP contribution in [0.25, 0.3) is 0 Å². The molecular formula is C13H18N4O. The van der Waals surface area contributed by atoms with Crippen LogP contribution in [0.2, 0.25) is 0 Å². The smallest absolute Gasteiger partial charge is 0.272 e. The molecule has 5 heteroatoms. The minimum atomic E-state index is -0.146. The van der Waals surface area contributed by atoms with Gasteiger partial charge >= 0.3 is 0 Å². The molecule has 96 valence electrons. The molecule has 3 saturated heterocycles. The predicted octanol–water partition coefficient (Wildman–Crippen LogP) is 0.488. The second-order valence-electron chi connectivity index (χ2n) is 5.16. The predicted molar refractivity (Wildman–Crippen MR) is 69.1 cm³/mol. The third kappa shape index (κ3) is 2.06. The van der Waals surface area contributed by atoms with Crippen LogP contribution in [0.1, 0.15) is 23.3 Å². The van der Waals surface area contributed by atoms with E-state index in [1.54, 1.807) is 18.3 Å². The van der Waals surface area contributed by atoms with Crippen molar-refractivity contribution in [3.63, 3.8) is 0 Å². The summed E-state index contributed by atoms with van der Waals surface area (Å²) in [5, 5.41) is 3.08. The van der Waals surface area contributed by atoms with E-state index in [0.717, 1.165) is 6.54 Å². The van der Waals surface area contributed by atoms with E-state index < -0.39 is 0 Å². The molecule has 1 atom stereocenters. The van der Waals surface area contributed by atoms with Crippen molar-refractivity contribution in [1.29, 1.82) is 0 Å². The van der Waals surface area contributed by atoms with E-state index in [9.17, 15) is 4.79 Å². The maximum atomic E-state index is 12.1. The molecule has 2 bridgehead atoms. The maximum Gasteiger partial charge on any atom is 0.272 e. The molecule has 0 aliphatic carbocycles. The Kier molecular flexibility index (Phi) is 2.91. The van der Waals surface area contributed by atoms with Gasteiger partial charge in [0.1, 0.15) is 0 Å². The van der Waals surface area contributed by atoms with Gasteiger partial charge in [-0.1, -0.05) is 0 Å². The summed E-state index contributed by atoms with van der Waals surface area (Å²) >= 11 is 0. The van der Waals surface area contributed by atoms with Crippen LogP contribution in [0.3, 0.4) is 0 Å². The fraction of sp³-hybridized carbons (Fsp3) is 0.538. The fourth-order valence-corrected chi connectivity index (χ4v) is 2.97. The highest BCUT2D eigenvalue weighted by Gasteiger charge is 2.35. The quantitative estimate of drug-likeness (QED) is 0.796. The number of rotatable bonds is 2. The Bertz CT molecular complexity index is 454. The number of nitrogens with two attached hydrogens (primary N) is 1. The Labute approximate surface area is 106 Å². The van der Waals surface area contributed by atoms with Gasteiger partial charge in [0.2, 0.25) is 0 Å². The van der Waals surface area contributed by atoms with E-state index in [1.165, 1.54) is 25.9 Å². The van der Waals surface area contributed by atoms with Gasteiger partial charge in [-0.25, -0.2) is 4.98 Å². The molecule has 3 aliphatic rings. The Morgan fingerprint density at radius 1 is 1.44 bits per heavy atom. The Morgan fingerprint density at radius 3 is 2.83 bits per heavy atom. The lowest BCUT2D eigenvalue weighted by atomic mass is 9.84. The van der Waals surface area contributed by atoms with Crippen LogP contribution in [-0.2, 0) is 0 Å². The zero-order chi connectivity index (χ0) is 12.5. The van der Waals surface area contributed by atoms with E-state index in [4.69, 9.17) is 5.73 Å².